The lowest BCUT2D eigenvalue weighted by Gasteiger charge is -2.34. The summed E-state index contributed by atoms with van der Waals surface area (Å²) in [6.45, 7) is 3.02. The Labute approximate surface area is 142 Å². The van der Waals surface area contributed by atoms with Crippen LogP contribution in [0.5, 0.6) is 0 Å². The molecule has 0 unspecified atom stereocenters. The number of aryl methyl sites for hydroxylation is 1. The van der Waals surface area contributed by atoms with E-state index in [0.717, 1.165) is 23.4 Å². The van der Waals surface area contributed by atoms with Gasteiger partial charge >= 0.3 is 0 Å². The molecule has 3 nitrogen and oxygen atoms in total. The van der Waals surface area contributed by atoms with Crippen LogP contribution in [0.4, 0.5) is 0 Å². The molecule has 1 aliphatic heterocycles. The van der Waals surface area contributed by atoms with Crippen molar-refractivity contribution in [1.82, 2.24) is 9.55 Å². The molecule has 2 aromatic carbocycles. The number of aromatic nitrogens is 2. The summed E-state index contributed by atoms with van der Waals surface area (Å²) in [6, 6.07) is 15.2. The summed E-state index contributed by atoms with van der Waals surface area (Å²) in [4.78, 5) is 9.71. The molecule has 3 aromatic rings. The van der Waals surface area contributed by atoms with Crippen LogP contribution in [-0.4, -0.2) is 21.9 Å². The van der Waals surface area contributed by atoms with Crippen LogP contribution in [0.1, 0.15) is 42.4 Å². The zero-order valence-corrected chi connectivity index (χ0v) is 14.0. The van der Waals surface area contributed by atoms with E-state index in [2.05, 4.69) is 58.9 Å². The number of fused-ring (bicyclic) bond motifs is 3. The number of hydrogen-bond donors (Lipinski definition) is 0. The summed E-state index contributed by atoms with van der Waals surface area (Å²) >= 11 is 0. The Kier molecular flexibility index (Phi) is 2.93. The van der Waals surface area contributed by atoms with Crippen LogP contribution in [0.2, 0.25) is 0 Å². The molecule has 1 saturated carbocycles. The number of para-hydroxylation sites is 1. The van der Waals surface area contributed by atoms with Crippen LogP contribution in [0.3, 0.4) is 0 Å². The van der Waals surface area contributed by atoms with Crippen molar-refractivity contribution in [2.45, 2.75) is 38.0 Å². The van der Waals surface area contributed by atoms with Crippen molar-refractivity contribution in [3.05, 3.63) is 65.5 Å². The largest absolute Gasteiger partial charge is 0.283 e. The Morgan fingerprint density at radius 1 is 1.00 bits per heavy atom. The first-order valence-electron chi connectivity index (χ1n) is 8.86. The Morgan fingerprint density at radius 2 is 1.83 bits per heavy atom. The van der Waals surface area contributed by atoms with E-state index >= 15 is 0 Å². The molecule has 1 fully saturated rings. The van der Waals surface area contributed by atoms with E-state index in [1.54, 1.807) is 0 Å². The maximum atomic E-state index is 5.07. The lowest BCUT2D eigenvalue weighted by molar-refractivity contribution is 0.447. The van der Waals surface area contributed by atoms with E-state index < -0.39 is 0 Å². The van der Waals surface area contributed by atoms with Gasteiger partial charge in [-0.25, -0.2) is 4.98 Å². The molecule has 0 N–H and O–H groups in total. The molecular weight excluding hydrogens is 294 g/mol. The van der Waals surface area contributed by atoms with Crippen LogP contribution < -0.4 is 0 Å². The standard InChI is InChI=1S/C21H21N3/c1-15-7-6-10-18-19(15)23-14-24(18)20-16-8-2-3-9-17(16)21(13-22-20)11-4-5-12-21/h2-3,6-10,14H,4-5,11-13H2,1H3. The zero-order valence-electron chi connectivity index (χ0n) is 14.0. The molecule has 0 saturated heterocycles. The number of benzene rings is 2. The van der Waals surface area contributed by atoms with Crippen molar-refractivity contribution >= 4 is 16.9 Å². The van der Waals surface area contributed by atoms with Gasteiger partial charge in [0.1, 0.15) is 12.2 Å². The molecule has 1 spiro atoms. The number of nitrogens with zero attached hydrogens (tertiary/aromatic N) is 3. The number of rotatable bonds is 0. The van der Waals surface area contributed by atoms with Crippen molar-refractivity contribution in [3.8, 4) is 0 Å². The molecule has 24 heavy (non-hydrogen) atoms. The molecule has 1 aliphatic carbocycles. The van der Waals surface area contributed by atoms with Gasteiger partial charge in [0.2, 0.25) is 0 Å². The number of imidazole rings is 1. The van der Waals surface area contributed by atoms with Gasteiger partial charge in [-0.1, -0.05) is 49.2 Å². The van der Waals surface area contributed by atoms with Crippen LogP contribution in [0.15, 0.2) is 53.8 Å². The summed E-state index contributed by atoms with van der Waals surface area (Å²) in [7, 11) is 0. The van der Waals surface area contributed by atoms with Crippen molar-refractivity contribution in [2.75, 3.05) is 6.54 Å². The van der Waals surface area contributed by atoms with E-state index in [9.17, 15) is 0 Å². The molecule has 0 amide bonds. The van der Waals surface area contributed by atoms with Crippen LogP contribution in [-0.2, 0) is 5.41 Å². The third-order valence-electron chi connectivity index (χ3n) is 5.84. The fourth-order valence-corrected chi connectivity index (χ4v) is 4.57. The smallest absolute Gasteiger partial charge is 0.141 e. The molecule has 0 radical (unpaired) electrons. The Balaban J connectivity index is 1.72. The topological polar surface area (TPSA) is 30.2 Å². The number of hydrogen-bond acceptors (Lipinski definition) is 2. The lowest BCUT2D eigenvalue weighted by Crippen LogP contribution is -2.34. The summed E-state index contributed by atoms with van der Waals surface area (Å²) in [6.07, 6.45) is 7.12. The molecule has 3 heteroatoms. The summed E-state index contributed by atoms with van der Waals surface area (Å²) in [5, 5.41) is 0. The van der Waals surface area contributed by atoms with Crippen molar-refractivity contribution in [2.24, 2.45) is 4.99 Å². The van der Waals surface area contributed by atoms with E-state index in [-0.39, 0.29) is 5.41 Å². The van der Waals surface area contributed by atoms with Gasteiger partial charge in [0.25, 0.3) is 0 Å². The normalized spacial score (nSPS) is 18.8. The first kappa shape index (κ1) is 14.0. The Hall–Kier alpha value is -2.42. The Bertz CT molecular complexity index is 958. The minimum absolute atomic E-state index is 0.270. The van der Waals surface area contributed by atoms with Crippen LogP contribution in [0.25, 0.3) is 11.0 Å². The fraction of sp³-hybridized carbons (Fsp3) is 0.333. The van der Waals surface area contributed by atoms with Crippen molar-refractivity contribution in [3.63, 3.8) is 0 Å². The molecular formula is C21H21N3. The highest BCUT2D eigenvalue weighted by atomic mass is 15.1. The van der Waals surface area contributed by atoms with E-state index in [1.807, 2.05) is 6.33 Å². The predicted molar refractivity (Wildman–Crippen MR) is 97.9 cm³/mol. The van der Waals surface area contributed by atoms with Gasteiger partial charge in [-0.05, 0) is 37.0 Å². The maximum Gasteiger partial charge on any atom is 0.141 e. The third kappa shape index (κ3) is 1.84. The first-order valence-corrected chi connectivity index (χ1v) is 8.86. The van der Waals surface area contributed by atoms with Crippen molar-refractivity contribution in [1.29, 1.82) is 0 Å². The fourth-order valence-electron chi connectivity index (χ4n) is 4.57. The second-order valence-electron chi connectivity index (χ2n) is 7.23. The van der Waals surface area contributed by atoms with Gasteiger partial charge < -0.3 is 0 Å². The average Bonchev–Trinajstić information content (AvgIpc) is 3.25. The van der Waals surface area contributed by atoms with Crippen LogP contribution >= 0.6 is 0 Å². The highest BCUT2D eigenvalue weighted by Crippen LogP contribution is 2.45. The molecule has 5 rings (SSSR count). The predicted octanol–water partition coefficient (Wildman–Crippen LogP) is 4.47. The van der Waals surface area contributed by atoms with Gasteiger partial charge in [0.15, 0.2) is 0 Å². The molecule has 0 atom stereocenters. The van der Waals surface area contributed by atoms with E-state index in [4.69, 9.17) is 4.99 Å². The van der Waals surface area contributed by atoms with Gasteiger partial charge in [-0.3, -0.25) is 9.56 Å². The second kappa shape index (κ2) is 5.04. The lowest BCUT2D eigenvalue weighted by atomic mass is 9.75. The molecule has 2 heterocycles. The Morgan fingerprint density at radius 3 is 2.71 bits per heavy atom. The maximum absolute atomic E-state index is 5.07. The van der Waals surface area contributed by atoms with Gasteiger partial charge in [0, 0.05) is 11.0 Å². The van der Waals surface area contributed by atoms with Crippen LogP contribution in [0, 0.1) is 6.92 Å². The van der Waals surface area contributed by atoms with E-state index in [0.29, 0.717) is 0 Å². The van der Waals surface area contributed by atoms with Gasteiger partial charge in [-0.15, -0.1) is 0 Å². The monoisotopic (exact) mass is 315 g/mol. The molecule has 0 bridgehead atoms. The highest BCUT2D eigenvalue weighted by molar-refractivity contribution is 6.07. The minimum atomic E-state index is 0.270. The molecule has 1 aromatic heterocycles. The van der Waals surface area contributed by atoms with Gasteiger partial charge in [-0.2, -0.15) is 0 Å². The van der Waals surface area contributed by atoms with Crippen molar-refractivity contribution < 1.29 is 0 Å². The summed E-state index contributed by atoms with van der Waals surface area (Å²) < 4.78 is 2.17. The third-order valence-corrected chi connectivity index (χ3v) is 5.84. The quantitative estimate of drug-likeness (QED) is 0.602. The summed E-state index contributed by atoms with van der Waals surface area (Å²) in [5.74, 6) is 1.05. The number of aliphatic imine (C=N–C) groups is 1. The SMILES string of the molecule is Cc1cccc2c1ncn2C1=NCC2(CCCC2)c2ccccc21. The second-order valence-corrected chi connectivity index (χ2v) is 7.23. The molecule has 120 valence electrons. The highest BCUT2D eigenvalue weighted by Gasteiger charge is 2.40. The molecule has 2 aliphatic rings. The summed E-state index contributed by atoms with van der Waals surface area (Å²) in [5.41, 5.74) is 6.47. The minimum Gasteiger partial charge on any atom is -0.283 e. The first-order chi connectivity index (χ1) is 11.8. The van der Waals surface area contributed by atoms with Gasteiger partial charge in [0.05, 0.1) is 17.6 Å². The average molecular weight is 315 g/mol. The van der Waals surface area contributed by atoms with E-state index in [1.165, 1.54) is 42.4 Å². The zero-order chi connectivity index (χ0) is 16.1.